The van der Waals surface area contributed by atoms with Gasteiger partial charge in [0.25, 0.3) is 0 Å². The van der Waals surface area contributed by atoms with Gasteiger partial charge in [-0.1, -0.05) is 18.2 Å². The molecular formula is C19H19BrF2O5. The Labute approximate surface area is 163 Å². The summed E-state index contributed by atoms with van der Waals surface area (Å²) in [5, 5.41) is 38.8. The number of aliphatic hydroxyl groups excluding tert-OH is 4. The Morgan fingerprint density at radius 2 is 1.70 bits per heavy atom. The minimum absolute atomic E-state index is 0.246. The van der Waals surface area contributed by atoms with Crippen molar-refractivity contribution in [2.45, 2.75) is 19.1 Å². The SMILES string of the molecule is CO[C@@H](/C(O)=C(\O)CO)[C@H](O)c1ccc(-c2cc(F)c(Br)c(F)c2)cc1C. The smallest absolute Gasteiger partial charge is 0.164 e. The van der Waals surface area contributed by atoms with Crippen molar-refractivity contribution < 1.29 is 33.9 Å². The molecule has 0 heterocycles. The van der Waals surface area contributed by atoms with Gasteiger partial charge < -0.3 is 25.2 Å². The summed E-state index contributed by atoms with van der Waals surface area (Å²) < 4.78 is 32.3. The van der Waals surface area contributed by atoms with E-state index in [1.165, 1.54) is 25.3 Å². The average molecular weight is 445 g/mol. The number of halogens is 3. The molecule has 0 aliphatic carbocycles. The molecule has 2 atom stereocenters. The van der Waals surface area contributed by atoms with Crippen LogP contribution in [0.4, 0.5) is 8.78 Å². The van der Waals surface area contributed by atoms with Gasteiger partial charge in [-0.15, -0.1) is 0 Å². The van der Waals surface area contributed by atoms with Gasteiger partial charge >= 0.3 is 0 Å². The van der Waals surface area contributed by atoms with Crippen LogP contribution in [0.3, 0.4) is 0 Å². The highest BCUT2D eigenvalue weighted by Gasteiger charge is 2.28. The molecule has 4 N–H and O–H groups in total. The van der Waals surface area contributed by atoms with Crippen LogP contribution in [0, 0.1) is 18.6 Å². The summed E-state index contributed by atoms with van der Waals surface area (Å²) in [6.45, 7) is 0.865. The van der Waals surface area contributed by atoms with Crippen LogP contribution in [-0.4, -0.2) is 40.2 Å². The highest BCUT2D eigenvalue weighted by Crippen LogP contribution is 2.32. The number of aryl methyl sites for hydroxylation is 1. The molecule has 0 saturated carbocycles. The second-order valence-electron chi connectivity index (χ2n) is 5.92. The molecule has 27 heavy (non-hydrogen) atoms. The van der Waals surface area contributed by atoms with Crippen molar-refractivity contribution in [3.8, 4) is 11.1 Å². The van der Waals surface area contributed by atoms with Crippen molar-refractivity contribution in [3.63, 3.8) is 0 Å². The fraction of sp³-hybridized carbons (Fsp3) is 0.263. The van der Waals surface area contributed by atoms with E-state index in [1.807, 2.05) is 0 Å². The molecule has 0 aromatic heterocycles. The Balaban J connectivity index is 2.42. The Morgan fingerprint density at radius 1 is 1.11 bits per heavy atom. The number of benzene rings is 2. The molecule has 2 aromatic rings. The Kier molecular flexibility index (Phi) is 6.94. The highest BCUT2D eigenvalue weighted by molar-refractivity contribution is 9.10. The van der Waals surface area contributed by atoms with E-state index in [9.17, 15) is 24.1 Å². The van der Waals surface area contributed by atoms with Crippen LogP contribution in [0.15, 0.2) is 46.3 Å². The molecular weight excluding hydrogens is 426 g/mol. The second-order valence-corrected chi connectivity index (χ2v) is 6.71. The van der Waals surface area contributed by atoms with Crippen LogP contribution in [0.5, 0.6) is 0 Å². The van der Waals surface area contributed by atoms with Crippen LogP contribution in [0.25, 0.3) is 11.1 Å². The van der Waals surface area contributed by atoms with E-state index >= 15 is 0 Å². The third-order valence-corrected chi connectivity index (χ3v) is 4.92. The van der Waals surface area contributed by atoms with Crippen molar-refractivity contribution in [1.82, 2.24) is 0 Å². The van der Waals surface area contributed by atoms with Gasteiger partial charge in [-0.3, -0.25) is 0 Å². The van der Waals surface area contributed by atoms with E-state index in [2.05, 4.69) is 15.9 Å². The van der Waals surface area contributed by atoms with Gasteiger partial charge in [-0.05, 0) is 57.2 Å². The molecule has 2 aromatic carbocycles. The predicted molar refractivity (Wildman–Crippen MR) is 99.4 cm³/mol. The lowest BCUT2D eigenvalue weighted by atomic mass is 9.94. The minimum Gasteiger partial charge on any atom is -0.506 e. The van der Waals surface area contributed by atoms with Gasteiger partial charge in [0, 0.05) is 7.11 Å². The molecule has 146 valence electrons. The van der Waals surface area contributed by atoms with Crippen molar-refractivity contribution in [3.05, 3.63) is 69.1 Å². The zero-order valence-corrected chi connectivity index (χ0v) is 16.2. The first-order chi connectivity index (χ1) is 12.7. The molecule has 0 aliphatic rings. The normalized spacial score (nSPS) is 14.6. The molecule has 0 bridgehead atoms. The maximum atomic E-state index is 13.8. The van der Waals surface area contributed by atoms with Gasteiger partial charge in [-0.2, -0.15) is 0 Å². The number of rotatable bonds is 6. The first-order valence-corrected chi connectivity index (χ1v) is 8.68. The van der Waals surface area contributed by atoms with E-state index in [1.54, 1.807) is 19.1 Å². The number of aliphatic hydroxyl groups is 4. The largest absolute Gasteiger partial charge is 0.506 e. The van der Waals surface area contributed by atoms with Crippen molar-refractivity contribution >= 4 is 15.9 Å². The van der Waals surface area contributed by atoms with E-state index in [0.29, 0.717) is 22.3 Å². The van der Waals surface area contributed by atoms with Gasteiger partial charge in [0.05, 0.1) is 4.47 Å². The van der Waals surface area contributed by atoms with Crippen LogP contribution < -0.4 is 0 Å². The zero-order valence-electron chi connectivity index (χ0n) is 14.6. The first-order valence-electron chi connectivity index (χ1n) is 7.89. The number of methoxy groups -OCH3 is 1. The monoisotopic (exact) mass is 444 g/mol. The maximum Gasteiger partial charge on any atom is 0.164 e. The molecule has 0 aliphatic heterocycles. The number of hydrogen-bond donors (Lipinski definition) is 4. The summed E-state index contributed by atoms with van der Waals surface area (Å²) in [4.78, 5) is 0. The summed E-state index contributed by atoms with van der Waals surface area (Å²) >= 11 is 2.82. The van der Waals surface area contributed by atoms with E-state index in [-0.39, 0.29) is 4.47 Å². The summed E-state index contributed by atoms with van der Waals surface area (Å²) in [5.74, 6) is -2.87. The van der Waals surface area contributed by atoms with Gasteiger partial charge in [-0.25, -0.2) is 8.78 Å². The fourth-order valence-corrected chi connectivity index (χ4v) is 2.94. The quantitative estimate of drug-likeness (QED) is 0.398. The van der Waals surface area contributed by atoms with Gasteiger partial charge in [0.2, 0.25) is 0 Å². The molecule has 2 rings (SSSR count). The van der Waals surface area contributed by atoms with Crippen molar-refractivity contribution in [2.75, 3.05) is 13.7 Å². The fourth-order valence-electron chi connectivity index (χ4n) is 2.71. The molecule has 0 amide bonds. The maximum absolute atomic E-state index is 13.8. The Bertz CT molecular complexity index is 846. The van der Waals surface area contributed by atoms with Crippen LogP contribution in [0.2, 0.25) is 0 Å². The van der Waals surface area contributed by atoms with Gasteiger partial charge in [0.1, 0.15) is 30.4 Å². The summed E-state index contributed by atoms with van der Waals surface area (Å²) in [5.41, 5.74) is 1.80. The van der Waals surface area contributed by atoms with E-state index in [0.717, 1.165) is 0 Å². The highest BCUT2D eigenvalue weighted by atomic mass is 79.9. The van der Waals surface area contributed by atoms with Crippen molar-refractivity contribution in [2.24, 2.45) is 0 Å². The van der Waals surface area contributed by atoms with E-state index in [4.69, 9.17) is 9.84 Å². The third kappa shape index (κ3) is 4.47. The second kappa shape index (κ2) is 8.79. The topological polar surface area (TPSA) is 90.2 Å². The van der Waals surface area contributed by atoms with Gasteiger partial charge in [0.15, 0.2) is 11.5 Å². The lowest BCUT2D eigenvalue weighted by molar-refractivity contribution is -0.0181. The Morgan fingerprint density at radius 3 is 2.19 bits per heavy atom. The summed E-state index contributed by atoms with van der Waals surface area (Å²) in [6, 6.07) is 7.09. The van der Waals surface area contributed by atoms with Crippen molar-refractivity contribution in [1.29, 1.82) is 0 Å². The molecule has 0 fully saturated rings. The standard InChI is InChI=1S/C19H19BrF2O5/c1-9-5-10(11-6-13(21)16(20)14(22)7-11)3-4-12(9)17(25)19(27-2)18(26)15(24)8-23/h3-7,17,19,23-26H,8H2,1-2H3/b18-15+/t17-,19-/m1/s1. The molecule has 5 nitrogen and oxygen atoms in total. The van der Waals surface area contributed by atoms with E-state index < -0.39 is 42.0 Å². The zero-order chi connectivity index (χ0) is 20.3. The Hall–Kier alpha value is -2.00. The molecule has 8 heteroatoms. The van der Waals surface area contributed by atoms with Crippen LogP contribution in [-0.2, 0) is 4.74 Å². The minimum atomic E-state index is -1.35. The summed E-state index contributed by atoms with van der Waals surface area (Å²) in [7, 11) is 1.23. The summed E-state index contributed by atoms with van der Waals surface area (Å²) in [6.07, 6.45) is -2.65. The molecule has 0 radical (unpaired) electrons. The lowest BCUT2D eigenvalue weighted by Crippen LogP contribution is -2.25. The predicted octanol–water partition coefficient (Wildman–Crippen LogP) is 4.07. The number of hydrogen-bond acceptors (Lipinski definition) is 5. The first kappa shape index (κ1) is 21.3. The van der Waals surface area contributed by atoms with Crippen LogP contribution in [0.1, 0.15) is 17.2 Å². The molecule has 0 unspecified atom stereocenters. The molecule has 0 saturated heterocycles. The van der Waals surface area contributed by atoms with Crippen LogP contribution >= 0.6 is 15.9 Å². The number of ether oxygens (including phenoxy) is 1. The lowest BCUT2D eigenvalue weighted by Gasteiger charge is -2.23. The average Bonchev–Trinajstić information content (AvgIpc) is 2.65. The molecule has 0 spiro atoms. The third-order valence-electron chi connectivity index (χ3n) is 4.16.